The molecule has 1 N–H and O–H groups in total. The summed E-state index contributed by atoms with van der Waals surface area (Å²) < 4.78 is 0. The quantitative estimate of drug-likeness (QED) is 0.776. The Morgan fingerprint density at radius 2 is 1.83 bits per heavy atom. The number of carboxylic acids is 1. The van der Waals surface area contributed by atoms with Crippen LogP contribution in [0, 0.1) is 0 Å². The van der Waals surface area contributed by atoms with Gasteiger partial charge in [0.05, 0.1) is 5.56 Å². The summed E-state index contributed by atoms with van der Waals surface area (Å²) in [6, 6.07) is 6.35. The van der Waals surface area contributed by atoms with E-state index < -0.39 is 5.97 Å². The second-order valence-corrected chi connectivity index (χ2v) is 4.31. The monoisotopic (exact) mass is 247 g/mol. The normalized spacial score (nSPS) is 11.1. The van der Waals surface area contributed by atoms with Crippen LogP contribution in [0.2, 0.25) is 0 Å². The maximum absolute atomic E-state index is 11.6. The van der Waals surface area contributed by atoms with E-state index in [4.69, 9.17) is 5.11 Å². The standard InChI is InChI=1S/C14H17NO3/c1-15(2)9-3-4-13(16)10-11-5-7-12(8-6-11)14(17)18/h3-8H,9-10H2,1-2H3,(H,17,18)/b4-3+. The zero-order valence-corrected chi connectivity index (χ0v) is 10.6. The van der Waals surface area contributed by atoms with Gasteiger partial charge in [-0.25, -0.2) is 4.79 Å². The molecule has 0 radical (unpaired) electrons. The Kier molecular flexibility index (Phi) is 5.27. The summed E-state index contributed by atoms with van der Waals surface area (Å²) in [7, 11) is 3.86. The van der Waals surface area contributed by atoms with Gasteiger partial charge in [0.25, 0.3) is 0 Å². The molecular weight excluding hydrogens is 230 g/mol. The average molecular weight is 247 g/mol. The highest BCUT2D eigenvalue weighted by molar-refractivity contribution is 5.92. The maximum atomic E-state index is 11.6. The molecule has 0 bridgehead atoms. The average Bonchev–Trinajstić information content (AvgIpc) is 2.29. The highest BCUT2D eigenvalue weighted by atomic mass is 16.4. The van der Waals surface area contributed by atoms with Crippen molar-refractivity contribution in [3.8, 4) is 0 Å². The zero-order valence-electron chi connectivity index (χ0n) is 10.6. The molecule has 4 nitrogen and oxygen atoms in total. The Morgan fingerprint density at radius 3 is 2.33 bits per heavy atom. The Hall–Kier alpha value is -1.94. The van der Waals surface area contributed by atoms with Crippen molar-refractivity contribution in [2.24, 2.45) is 0 Å². The fourth-order valence-corrected chi connectivity index (χ4v) is 1.42. The third-order valence-corrected chi connectivity index (χ3v) is 2.35. The summed E-state index contributed by atoms with van der Waals surface area (Å²) >= 11 is 0. The molecule has 0 aliphatic heterocycles. The van der Waals surface area contributed by atoms with Gasteiger partial charge in [-0.3, -0.25) is 4.79 Å². The molecule has 4 heteroatoms. The fraction of sp³-hybridized carbons (Fsp3) is 0.286. The molecule has 0 saturated carbocycles. The summed E-state index contributed by atoms with van der Waals surface area (Å²) in [6.45, 7) is 0.726. The van der Waals surface area contributed by atoms with E-state index in [1.807, 2.05) is 25.1 Å². The van der Waals surface area contributed by atoms with E-state index >= 15 is 0 Å². The molecule has 0 unspecified atom stereocenters. The molecule has 1 rings (SSSR count). The van der Waals surface area contributed by atoms with Gasteiger partial charge in [0.1, 0.15) is 0 Å². The first kappa shape index (κ1) is 14.1. The number of carboxylic acid groups (broad SMARTS) is 1. The molecule has 0 aromatic heterocycles. The predicted octanol–water partition coefficient (Wildman–Crippen LogP) is 1.61. The van der Waals surface area contributed by atoms with Crippen molar-refractivity contribution < 1.29 is 14.7 Å². The van der Waals surface area contributed by atoms with E-state index in [9.17, 15) is 9.59 Å². The van der Waals surface area contributed by atoms with Crippen LogP contribution in [0.5, 0.6) is 0 Å². The molecule has 1 aromatic carbocycles. The van der Waals surface area contributed by atoms with Gasteiger partial charge in [-0.1, -0.05) is 18.2 Å². The van der Waals surface area contributed by atoms with Crippen LogP contribution in [0.25, 0.3) is 0 Å². The number of rotatable bonds is 6. The van der Waals surface area contributed by atoms with Gasteiger partial charge in [0.15, 0.2) is 5.78 Å². The number of carbonyl (C=O) groups is 2. The molecule has 0 saturated heterocycles. The number of nitrogens with zero attached hydrogens (tertiary/aromatic N) is 1. The molecule has 0 spiro atoms. The molecule has 0 aliphatic carbocycles. The number of hydrogen-bond acceptors (Lipinski definition) is 3. The molecule has 1 aromatic rings. The highest BCUT2D eigenvalue weighted by Crippen LogP contribution is 2.06. The van der Waals surface area contributed by atoms with Gasteiger partial charge in [-0.2, -0.15) is 0 Å². The summed E-state index contributed by atoms with van der Waals surface area (Å²) in [5.74, 6) is -0.946. The van der Waals surface area contributed by atoms with Crippen LogP contribution in [0.15, 0.2) is 36.4 Å². The van der Waals surface area contributed by atoms with Crippen molar-refractivity contribution in [1.29, 1.82) is 0 Å². The number of carbonyl (C=O) groups excluding carboxylic acids is 1. The van der Waals surface area contributed by atoms with Crippen molar-refractivity contribution in [1.82, 2.24) is 4.90 Å². The lowest BCUT2D eigenvalue weighted by molar-refractivity contribution is -0.114. The second kappa shape index (κ2) is 6.71. The fourth-order valence-electron chi connectivity index (χ4n) is 1.42. The van der Waals surface area contributed by atoms with Crippen LogP contribution in [0.1, 0.15) is 15.9 Å². The molecule has 0 aliphatic rings. The van der Waals surface area contributed by atoms with E-state index in [0.29, 0.717) is 6.42 Å². The minimum atomic E-state index is -0.959. The molecule has 0 amide bonds. The maximum Gasteiger partial charge on any atom is 0.335 e. The molecule has 0 fully saturated rings. The number of aromatic carboxylic acids is 1. The van der Waals surface area contributed by atoms with Crippen molar-refractivity contribution in [2.45, 2.75) is 6.42 Å². The first-order chi connectivity index (χ1) is 8.49. The lowest BCUT2D eigenvalue weighted by Gasteiger charge is -2.03. The molecule has 18 heavy (non-hydrogen) atoms. The van der Waals surface area contributed by atoms with Crippen LogP contribution in [0.4, 0.5) is 0 Å². The number of ketones is 1. The van der Waals surface area contributed by atoms with E-state index in [-0.39, 0.29) is 11.3 Å². The van der Waals surface area contributed by atoms with Gasteiger partial charge in [0.2, 0.25) is 0 Å². The highest BCUT2D eigenvalue weighted by Gasteiger charge is 2.03. The van der Waals surface area contributed by atoms with Crippen LogP contribution in [-0.2, 0) is 11.2 Å². The third kappa shape index (κ3) is 4.93. The van der Waals surface area contributed by atoms with Gasteiger partial charge in [-0.15, -0.1) is 0 Å². The first-order valence-corrected chi connectivity index (χ1v) is 5.65. The van der Waals surface area contributed by atoms with E-state index in [1.54, 1.807) is 18.2 Å². The lowest BCUT2D eigenvalue weighted by atomic mass is 10.1. The summed E-state index contributed by atoms with van der Waals surface area (Å²) in [6.07, 6.45) is 3.67. The molecule has 96 valence electrons. The Labute approximate surface area is 107 Å². The van der Waals surface area contributed by atoms with E-state index in [1.165, 1.54) is 12.1 Å². The van der Waals surface area contributed by atoms with Crippen LogP contribution in [-0.4, -0.2) is 42.4 Å². The first-order valence-electron chi connectivity index (χ1n) is 5.65. The van der Waals surface area contributed by atoms with E-state index in [0.717, 1.165) is 12.1 Å². The van der Waals surface area contributed by atoms with Gasteiger partial charge >= 0.3 is 5.97 Å². The van der Waals surface area contributed by atoms with E-state index in [2.05, 4.69) is 0 Å². The predicted molar refractivity (Wildman–Crippen MR) is 69.8 cm³/mol. The van der Waals surface area contributed by atoms with Crippen molar-refractivity contribution in [3.05, 3.63) is 47.5 Å². The molecule has 0 heterocycles. The molecule has 0 atom stereocenters. The van der Waals surface area contributed by atoms with Gasteiger partial charge in [-0.05, 0) is 37.9 Å². The Balaban J connectivity index is 2.54. The Morgan fingerprint density at radius 1 is 1.22 bits per heavy atom. The van der Waals surface area contributed by atoms with Crippen LogP contribution in [0.3, 0.4) is 0 Å². The summed E-state index contributed by atoms with van der Waals surface area (Å²) in [5.41, 5.74) is 1.05. The summed E-state index contributed by atoms with van der Waals surface area (Å²) in [4.78, 5) is 24.2. The number of hydrogen-bond donors (Lipinski definition) is 1. The smallest absolute Gasteiger partial charge is 0.335 e. The van der Waals surface area contributed by atoms with Gasteiger partial charge < -0.3 is 10.0 Å². The minimum Gasteiger partial charge on any atom is -0.478 e. The Bertz CT molecular complexity index is 447. The zero-order chi connectivity index (χ0) is 13.5. The largest absolute Gasteiger partial charge is 0.478 e. The summed E-state index contributed by atoms with van der Waals surface area (Å²) in [5, 5.41) is 8.74. The van der Waals surface area contributed by atoms with Crippen LogP contribution >= 0.6 is 0 Å². The topological polar surface area (TPSA) is 57.6 Å². The van der Waals surface area contributed by atoms with Crippen molar-refractivity contribution in [2.75, 3.05) is 20.6 Å². The lowest BCUT2D eigenvalue weighted by Crippen LogP contribution is -2.11. The number of allylic oxidation sites excluding steroid dienone is 1. The minimum absolute atomic E-state index is 0.0138. The third-order valence-electron chi connectivity index (χ3n) is 2.35. The van der Waals surface area contributed by atoms with Crippen molar-refractivity contribution in [3.63, 3.8) is 0 Å². The van der Waals surface area contributed by atoms with Crippen molar-refractivity contribution >= 4 is 11.8 Å². The second-order valence-electron chi connectivity index (χ2n) is 4.31. The number of benzene rings is 1. The van der Waals surface area contributed by atoms with Crippen LogP contribution < -0.4 is 0 Å². The molecular formula is C14H17NO3. The number of likely N-dealkylation sites (N-methyl/N-ethyl adjacent to an activating group) is 1. The van der Waals surface area contributed by atoms with Gasteiger partial charge in [0, 0.05) is 13.0 Å². The SMILES string of the molecule is CN(C)C/C=C/C(=O)Cc1ccc(C(=O)O)cc1.